The quantitative estimate of drug-likeness (QED) is 0.333. The van der Waals surface area contributed by atoms with Crippen molar-refractivity contribution in [3.63, 3.8) is 0 Å². The summed E-state index contributed by atoms with van der Waals surface area (Å²) in [7, 11) is 1.84. The first kappa shape index (κ1) is 24.7. The number of aliphatic imine (C=N–C) groups is 1. The van der Waals surface area contributed by atoms with Crippen LogP contribution in [0.1, 0.15) is 65.2 Å². The Balaban J connectivity index is 0.00000300. The van der Waals surface area contributed by atoms with Crippen molar-refractivity contribution in [1.29, 1.82) is 0 Å². The number of nitrogens with one attached hydrogen (secondary N) is 2. The van der Waals surface area contributed by atoms with Crippen LogP contribution in [0.5, 0.6) is 0 Å². The molecule has 0 spiro atoms. The molecule has 1 saturated carbocycles. The summed E-state index contributed by atoms with van der Waals surface area (Å²) in [6.07, 6.45) is 9.59. The van der Waals surface area contributed by atoms with Crippen molar-refractivity contribution in [3.8, 4) is 0 Å². The molecule has 0 bridgehead atoms. The van der Waals surface area contributed by atoms with E-state index in [1.165, 1.54) is 45.2 Å². The van der Waals surface area contributed by atoms with Gasteiger partial charge in [-0.25, -0.2) is 0 Å². The molecule has 3 aliphatic rings. The van der Waals surface area contributed by atoms with E-state index in [1.807, 2.05) is 7.05 Å². The molecular weight excluding hydrogens is 477 g/mol. The molecule has 29 heavy (non-hydrogen) atoms. The van der Waals surface area contributed by atoms with Gasteiger partial charge in [0.25, 0.3) is 0 Å². The number of hydrogen-bond acceptors (Lipinski definition) is 3. The highest BCUT2D eigenvalue weighted by atomic mass is 127. The Morgan fingerprint density at radius 1 is 1.07 bits per heavy atom. The molecule has 0 aromatic rings. The van der Waals surface area contributed by atoms with Crippen molar-refractivity contribution < 1.29 is 4.79 Å². The number of carbonyl (C=O) groups excluding carboxylic acids is 1. The zero-order valence-corrected chi connectivity index (χ0v) is 21.0. The molecule has 1 aliphatic carbocycles. The third-order valence-corrected chi connectivity index (χ3v) is 6.90. The highest BCUT2D eigenvalue weighted by Gasteiger charge is 2.32. The molecule has 2 saturated heterocycles. The minimum atomic E-state index is 0. The number of rotatable bonds is 5. The van der Waals surface area contributed by atoms with E-state index >= 15 is 0 Å². The first-order valence-electron chi connectivity index (χ1n) is 11.6. The van der Waals surface area contributed by atoms with E-state index < -0.39 is 0 Å². The fourth-order valence-electron chi connectivity index (χ4n) is 5.07. The van der Waals surface area contributed by atoms with Crippen molar-refractivity contribution >= 4 is 35.8 Å². The lowest BCUT2D eigenvalue weighted by atomic mass is 9.88. The number of nitrogens with zero attached hydrogens (tertiary/aromatic N) is 3. The number of guanidine groups is 1. The fraction of sp³-hybridized carbons (Fsp3) is 0.909. The molecule has 2 N–H and O–H groups in total. The van der Waals surface area contributed by atoms with Gasteiger partial charge in [0, 0.05) is 51.2 Å². The second-order valence-electron chi connectivity index (χ2n) is 9.29. The van der Waals surface area contributed by atoms with Crippen molar-refractivity contribution in [2.75, 3.05) is 39.8 Å². The van der Waals surface area contributed by atoms with E-state index in [1.54, 1.807) is 0 Å². The van der Waals surface area contributed by atoms with E-state index in [-0.39, 0.29) is 29.9 Å². The number of carbonyl (C=O) groups is 1. The van der Waals surface area contributed by atoms with Crippen molar-refractivity contribution in [2.45, 2.75) is 77.3 Å². The third-order valence-electron chi connectivity index (χ3n) is 6.90. The zero-order chi connectivity index (χ0) is 19.9. The van der Waals surface area contributed by atoms with Gasteiger partial charge in [-0.1, -0.05) is 26.2 Å². The second kappa shape index (κ2) is 12.3. The van der Waals surface area contributed by atoms with Crippen LogP contribution in [-0.4, -0.2) is 73.5 Å². The smallest absolute Gasteiger partial charge is 0.225 e. The fourth-order valence-corrected chi connectivity index (χ4v) is 5.07. The highest BCUT2D eigenvalue weighted by molar-refractivity contribution is 14.0. The van der Waals surface area contributed by atoms with E-state index in [9.17, 15) is 4.79 Å². The van der Waals surface area contributed by atoms with Gasteiger partial charge < -0.3 is 15.5 Å². The Kier molecular flexibility index (Phi) is 10.5. The Labute approximate surface area is 194 Å². The lowest BCUT2D eigenvalue weighted by Crippen LogP contribution is -2.50. The number of piperidine rings is 1. The number of likely N-dealkylation sites (tertiary alicyclic amines) is 2. The summed E-state index contributed by atoms with van der Waals surface area (Å²) >= 11 is 0. The molecule has 0 aromatic carbocycles. The average molecular weight is 520 g/mol. The Hall–Kier alpha value is -0.570. The lowest BCUT2D eigenvalue weighted by Gasteiger charge is -2.35. The Bertz CT molecular complexity index is 537. The minimum absolute atomic E-state index is 0. The molecule has 3 rings (SSSR count). The first-order valence-corrected chi connectivity index (χ1v) is 11.6. The van der Waals surface area contributed by atoms with Crippen LogP contribution < -0.4 is 10.6 Å². The number of halogens is 1. The van der Waals surface area contributed by atoms with Gasteiger partial charge in [-0.2, -0.15) is 0 Å². The molecule has 3 unspecified atom stereocenters. The normalized spacial score (nSPS) is 28.0. The molecule has 1 amide bonds. The first-order chi connectivity index (χ1) is 13.6. The van der Waals surface area contributed by atoms with Gasteiger partial charge in [0.15, 0.2) is 5.96 Å². The average Bonchev–Trinajstić information content (AvgIpc) is 3.19. The SMILES string of the molecule is CN=C(NCC(C)N1CCCC(C)C1)NC1CCN(C(=O)C2CCCCC2)C1.I. The lowest BCUT2D eigenvalue weighted by molar-refractivity contribution is -0.135. The molecule has 3 fully saturated rings. The van der Waals surface area contributed by atoms with Gasteiger partial charge in [-0.15, -0.1) is 24.0 Å². The highest BCUT2D eigenvalue weighted by Crippen LogP contribution is 2.26. The van der Waals surface area contributed by atoms with Crippen LogP contribution in [0.3, 0.4) is 0 Å². The Morgan fingerprint density at radius 3 is 2.52 bits per heavy atom. The predicted octanol–water partition coefficient (Wildman–Crippen LogP) is 3.07. The van der Waals surface area contributed by atoms with Crippen LogP contribution in [0, 0.1) is 11.8 Å². The minimum Gasteiger partial charge on any atom is -0.355 e. The molecule has 7 heteroatoms. The summed E-state index contributed by atoms with van der Waals surface area (Å²) in [5.74, 6) is 2.34. The van der Waals surface area contributed by atoms with Crippen LogP contribution in [-0.2, 0) is 4.79 Å². The van der Waals surface area contributed by atoms with E-state index in [0.717, 1.165) is 50.8 Å². The topological polar surface area (TPSA) is 60.0 Å². The molecule has 168 valence electrons. The van der Waals surface area contributed by atoms with Crippen molar-refractivity contribution in [1.82, 2.24) is 20.4 Å². The molecular formula is C22H42IN5O. The maximum Gasteiger partial charge on any atom is 0.225 e. The molecule has 6 nitrogen and oxygen atoms in total. The van der Waals surface area contributed by atoms with Gasteiger partial charge in [0.05, 0.1) is 0 Å². The monoisotopic (exact) mass is 519 g/mol. The summed E-state index contributed by atoms with van der Waals surface area (Å²) in [6, 6.07) is 0.818. The number of hydrogen-bond donors (Lipinski definition) is 2. The maximum atomic E-state index is 12.8. The standard InChI is InChI=1S/C22H41N5O.HI/c1-17-8-7-12-26(15-17)18(2)14-24-22(23-3)25-20-11-13-27(16-20)21(28)19-9-5-4-6-10-19;/h17-20H,4-16H2,1-3H3,(H2,23,24,25);1H. The van der Waals surface area contributed by atoms with Crippen LogP contribution >= 0.6 is 24.0 Å². The summed E-state index contributed by atoms with van der Waals surface area (Å²) in [5.41, 5.74) is 0. The zero-order valence-electron chi connectivity index (χ0n) is 18.7. The van der Waals surface area contributed by atoms with Gasteiger partial charge in [-0.05, 0) is 51.5 Å². The van der Waals surface area contributed by atoms with Crippen LogP contribution in [0.4, 0.5) is 0 Å². The van der Waals surface area contributed by atoms with E-state index in [4.69, 9.17) is 0 Å². The van der Waals surface area contributed by atoms with Crippen molar-refractivity contribution in [3.05, 3.63) is 0 Å². The molecule has 2 aliphatic heterocycles. The van der Waals surface area contributed by atoms with Crippen LogP contribution in [0.15, 0.2) is 4.99 Å². The van der Waals surface area contributed by atoms with Gasteiger partial charge >= 0.3 is 0 Å². The van der Waals surface area contributed by atoms with Gasteiger partial charge in [0.1, 0.15) is 0 Å². The maximum absolute atomic E-state index is 12.8. The molecule has 2 heterocycles. The van der Waals surface area contributed by atoms with Crippen molar-refractivity contribution in [2.24, 2.45) is 16.8 Å². The van der Waals surface area contributed by atoms with Crippen LogP contribution in [0.2, 0.25) is 0 Å². The Morgan fingerprint density at radius 2 is 1.83 bits per heavy atom. The number of amides is 1. The van der Waals surface area contributed by atoms with Gasteiger partial charge in [-0.3, -0.25) is 14.7 Å². The van der Waals surface area contributed by atoms with Gasteiger partial charge in [0.2, 0.25) is 5.91 Å². The molecule has 3 atom stereocenters. The second-order valence-corrected chi connectivity index (χ2v) is 9.29. The third kappa shape index (κ3) is 7.26. The molecule has 0 aromatic heterocycles. The predicted molar refractivity (Wildman–Crippen MR) is 131 cm³/mol. The van der Waals surface area contributed by atoms with E-state index in [2.05, 4.69) is 39.3 Å². The van der Waals surface area contributed by atoms with E-state index in [0.29, 0.717) is 18.0 Å². The largest absolute Gasteiger partial charge is 0.355 e. The summed E-state index contributed by atoms with van der Waals surface area (Å²) in [6.45, 7) is 9.67. The van der Waals surface area contributed by atoms with Crippen LogP contribution in [0.25, 0.3) is 0 Å². The molecule has 0 radical (unpaired) electrons. The summed E-state index contributed by atoms with van der Waals surface area (Å²) in [5, 5.41) is 7.06. The summed E-state index contributed by atoms with van der Waals surface area (Å²) < 4.78 is 0. The summed E-state index contributed by atoms with van der Waals surface area (Å²) in [4.78, 5) is 21.9.